The highest BCUT2D eigenvalue weighted by atomic mass is 35.5. The smallest absolute Gasteiger partial charge is 0.146 e. The maximum atomic E-state index is 6.01. The zero-order valence-corrected chi connectivity index (χ0v) is 9.08. The van der Waals surface area contributed by atoms with Gasteiger partial charge >= 0.3 is 0 Å². The quantitative estimate of drug-likeness (QED) is 0.731. The van der Waals surface area contributed by atoms with Gasteiger partial charge < -0.3 is 4.74 Å². The van der Waals surface area contributed by atoms with Crippen LogP contribution in [0.4, 0.5) is 0 Å². The number of halogens is 1. The van der Waals surface area contributed by atoms with Gasteiger partial charge in [-0.15, -0.1) is 0 Å². The molecular formula is C13H10ClO. The molecule has 15 heavy (non-hydrogen) atoms. The van der Waals surface area contributed by atoms with E-state index in [4.69, 9.17) is 16.3 Å². The second kappa shape index (κ2) is 4.37. The minimum absolute atomic E-state index is 0.615. The Morgan fingerprint density at radius 3 is 2.87 bits per heavy atom. The molecule has 2 rings (SSSR count). The second-order valence-corrected chi connectivity index (χ2v) is 3.68. The molecule has 2 heteroatoms. The van der Waals surface area contributed by atoms with Gasteiger partial charge in [-0.25, -0.2) is 0 Å². The van der Waals surface area contributed by atoms with Gasteiger partial charge in [-0.2, -0.15) is 0 Å². The van der Waals surface area contributed by atoms with Gasteiger partial charge in [0.15, 0.2) is 0 Å². The molecule has 2 aromatic carbocycles. The van der Waals surface area contributed by atoms with Crippen molar-refractivity contribution in [2.24, 2.45) is 0 Å². The first kappa shape index (κ1) is 10.1. The third-order valence-corrected chi connectivity index (χ3v) is 2.31. The standard InChI is InChI=1S/C13H10ClO/c1-10-7-8-12(14)13(9-10)15-11-5-3-2-4-6-11/h2-3,5-9H,1H3. The van der Waals surface area contributed by atoms with Crippen molar-refractivity contribution in [1.29, 1.82) is 0 Å². The van der Waals surface area contributed by atoms with E-state index in [1.165, 1.54) is 0 Å². The first-order chi connectivity index (χ1) is 7.25. The van der Waals surface area contributed by atoms with Crippen molar-refractivity contribution in [3.05, 3.63) is 59.1 Å². The molecule has 0 unspecified atom stereocenters. The molecule has 2 aromatic rings. The molecule has 0 aromatic heterocycles. The fourth-order valence-electron chi connectivity index (χ4n) is 1.26. The van der Waals surface area contributed by atoms with E-state index in [0.29, 0.717) is 10.8 Å². The van der Waals surface area contributed by atoms with Gasteiger partial charge in [0.25, 0.3) is 0 Å². The van der Waals surface area contributed by atoms with E-state index in [0.717, 1.165) is 11.3 Å². The monoisotopic (exact) mass is 217 g/mol. The summed E-state index contributed by atoms with van der Waals surface area (Å²) in [5.41, 5.74) is 1.12. The molecule has 0 N–H and O–H groups in total. The predicted octanol–water partition coefficient (Wildman–Crippen LogP) is 4.24. The normalized spacial score (nSPS) is 10.0. The molecule has 0 amide bonds. The van der Waals surface area contributed by atoms with E-state index >= 15 is 0 Å². The Balaban J connectivity index is 2.28. The summed E-state index contributed by atoms with van der Waals surface area (Å²) in [4.78, 5) is 0. The molecule has 0 saturated heterocycles. The number of rotatable bonds is 2. The average molecular weight is 218 g/mol. The molecule has 0 heterocycles. The molecular weight excluding hydrogens is 208 g/mol. The largest absolute Gasteiger partial charge is 0.456 e. The fraction of sp³-hybridized carbons (Fsp3) is 0.0769. The number of ether oxygens (including phenoxy) is 1. The summed E-state index contributed by atoms with van der Waals surface area (Å²) < 4.78 is 5.63. The SMILES string of the molecule is Cc1ccc(Cl)c(Oc2c[c]ccc2)c1. The van der Waals surface area contributed by atoms with Crippen LogP contribution < -0.4 is 4.74 Å². The Morgan fingerprint density at radius 1 is 1.27 bits per heavy atom. The van der Waals surface area contributed by atoms with Crippen LogP contribution in [0.1, 0.15) is 5.56 Å². The van der Waals surface area contributed by atoms with Gasteiger partial charge in [0.05, 0.1) is 5.02 Å². The minimum Gasteiger partial charge on any atom is -0.456 e. The van der Waals surface area contributed by atoms with Gasteiger partial charge in [-0.1, -0.05) is 29.8 Å². The first-order valence-corrected chi connectivity index (χ1v) is 5.03. The minimum atomic E-state index is 0.615. The highest BCUT2D eigenvalue weighted by Gasteiger charge is 2.02. The van der Waals surface area contributed by atoms with Crippen molar-refractivity contribution >= 4 is 11.6 Å². The second-order valence-electron chi connectivity index (χ2n) is 3.28. The van der Waals surface area contributed by atoms with E-state index in [-0.39, 0.29) is 0 Å². The van der Waals surface area contributed by atoms with Crippen LogP contribution in [0, 0.1) is 13.0 Å². The van der Waals surface area contributed by atoms with Crippen LogP contribution in [0.15, 0.2) is 42.5 Å². The Kier molecular flexibility index (Phi) is 2.93. The third kappa shape index (κ3) is 2.51. The highest BCUT2D eigenvalue weighted by molar-refractivity contribution is 6.32. The van der Waals surface area contributed by atoms with Crippen LogP contribution >= 0.6 is 11.6 Å². The molecule has 0 bridgehead atoms. The van der Waals surface area contributed by atoms with Crippen molar-refractivity contribution in [2.75, 3.05) is 0 Å². The summed E-state index contributed by atoms with van der Waals surface area (Å²) in [6.45, 7) is 2.00. The van der Waals surface area contributed by atoms with E-state index in [2.05, 4.69) is 6.07 Å². The van der Waals surface area contributed by atoms with Gasteiger partial charge in [0.1, 0.15) is 11.5 Å². The third-order valence-electron chi connectivity index (χ3n) is 1.99. The van der Waals surface area contributed by atoms with Gasteiger partial charge in [-0.05, 0) is 42.8 Å². The van der Waals surface area contributed by atoms with Gasteiger partial charge in [0, 0.05) is 0 Å². The molecule has 0 aliphatic rings. The van der Waals surface area contributed by atoms with Crippen LogP contribution in [0.25, 0.3) is 0 Å². The number of aryl methyl sites for hydroxylation is 1. The Bertz CT molecular complexity index is 451. The Labute approximate surface area is 94.3 Å². The zero-order chi connectivity index (χ0) is 10.7. The maximum Gasteiger partial charge on any atom is 0.146 e. The van der Waals surface area contributed by atoms with Gasteiger partial charge in [0.2, 0.25) is 0 Å². The number of hydrogen-bond acceptors (Lipinski definition) is 1. The molecule has 1 radical (unpaired) electrons. The van der Waals surface area contributed by atoms with E-state index in [9.17, 15) is 0 Å². The van der Waals surface area contributed by atoms with Crippen LogP contribution in [0.3, 0.4) is 0 Å². The summed E-state index contributed by atoms with van der Waals surface area (Å²) >= 11 is 6.01. The summed E-state index contributed by atoms with van der Waals surface area (Å²) in [6.07, 6.45) is 0. The molecule has 0 aliphatic carbocycles. The molecule has 0 aliphatic heterocycles. The molecule has 0 fully saturated rings. The summed E-state index contributed by atoms with van der Waals surface area (Å²) in [5, 5.41) is 0.615. The van der Waals surface area contributed by atoms with Crippen LogP contribution in [0.5, 0.6) is 11.5 Å². The van der Waals surface area contributed by atoms with Crippen molar-refractivity contribution in [3.8, 4) is 11.5 Å². The van der Waals surface area contributed by atoms with Crippen LogP contribution in [-0.2, 0) is 0 Å². The lowest BCUT2D eigenvalue weighted by Crippen LogP contribution is -1.85. The van der Waals surface area contributed by atoms with E-state index < -0.39 is 0 Å². The van der Waals surface area contributed by atoms with Gasteiger partial charge in [-0.3, -0.25) is 0 Å². The highest BCUT2D eigenvalue weighted by Crippen LogP contribution is 2.29. The summed E-state index contributed by atoms with van der Waals surface area (Å²) in [7, 11) is 0. The van der Waals surface area contributed by atoms with Crippen LogP contribution in [-0.4, -0.2) is 0 Å². The molecule has 1 nitrogen and oxygen atoms in total. The zero-order valence-electron chi connectivity index (χ0n) is 8.33. The summed E-state index contributed by atoms with van der Waals surface area (Å²) in [6, 6.07) is 16.0. The van der Waals surface area contributed by atoms with Crippen molar-refractivity contribution in [2.45, 2.75) is 6.92 Å². The molecule has 0 spiro atoms. The lowest BCUT2D eigenvalue weighted by molar-refractivity contribution is 0.482. The average Bonchev–Trinajstić information content (AvgIpc) is 2.25. The fourth-order valence-corrected chi connectivity index (χ4v) is 1.41. The van der Waals surface area contributed by atoms with E-state index in [1.54, 1.807) is 6.07 Å². The van der Waals surface area contributed by atoms with Crippen molar-refractivity contribution in [3.63, 3.8) is 0 Å². The first-order valence-electron chi connectivity index (χ1n) is 4.66. The Morgan fingerprint density at radius 2 is 2.13 bits per heavy atom. The van der Waals surface area contributed by atoms with Crippen molar-refractivity contribution in [1.82, 2.24) is 0 Å². The molecule has 75 valence electrons. The maximum absolute atomic E-state index is 6.01. The molecule has 0 saturated carbocycles. The molecule has 0 atom stereocenters. The topological polar surface area (TPSA) is 9.23 Å². The lowest BCUT2D eigenvalue weighted by atomic mass is 10.2. The van der Waals surface area contributed by atoms with E-state index in [1.807, 2.05) is 43.3 Å². The van der Waals surface area contributed by atoms with Crippen LogP contribution in [0.2, 0.25) is 5.02 Å². The summed E-state index contributed by atoms with van der Waals surface area (Å²) in [5.74, 6) is 1.42. The lowest BCUT2D eigenvalue weighted by Gasteiger charge is -2.07. The number of benzene rings is 2. The predicted molar refractivity (Wildman–Crippen MR) is 61.5 cm³/mol. The number of hydrogen-bond donors (Lipinski definition) is 0. The van der Waals surface area contributed by atoms with Crippen molar-refractivity contribution < 1.29 is 4.74 Å². The Hall–Kier alpha value is -1.47.